The lowest BCUT2D eigenvalue weighted by Crippen LogP contribution is -2.50. The lowest BCUT2D eigenvalue weighted by atomic mass is 10.0. The van der Waals surface area contributed by atoms with E-state index >= 15 is 0 Å². The molecule has 0 bridgehead atoms. The van der Waals surface area contributed by atoms with Gasteiger partial charge in [-0.05, 0) is 60.6 Å². The molecule has 9 heteroatoms. The first-order chi connectivity index (χ1) is 16.5. The van der Waals surface area contributed by atoms with Crippen LogP contribution in [0.4, 0.5) is 0 Å². The minimum absolute atomic E-state index is 0.149. The average molecular weight is 494 g/mol. The van der Waals surface area contributed by atoms with Crippen molar-refractivity contribution in [1.82, 2.24) is 15.6 Å². The normalized spacial score (nSPS) is 15.4. The summed E-state index contributed by atoms with van der Waals surface area (Å²) in [6, 6.07) is 11.0. The second-order valence-electron chi connectivity index (χ2n) is 9.37. The van der Waals surface area contributed by atoms with E-state index in [1.807, 2.05) is 19.9 Å². The number of terminal acetylenes is 1. The van der Waals surface area contributed by atoms with Gasteiger partial charge in [-0.3, -0.25) is 9.59 Å². The monoisotopic (exact) mass is 493 g/mol. The van der Waals surface area contributed by atoms with Gasteiger partial charge in [0.05, 0.1) is 4.90 Å². The van der Waals surface area contributed by atoms with Crippen LogP contribution in [-0.2, 0) is 14.6 Å². The van der Waals surface area contributed by atoms with Crippen molar-refractivity contribution in [2.45, 2.75) is 49.6 Å². The van der Waals surface area contributed by atoms with Gasteiger partial charge in [0.2, 0.25) is 5.91 Å². The van der Waals surface area contributed by atoms with Crippen LogP contribution in [0.25, 0.3) is 22.2 Å². The number of sulfone groups is 1. The van der Waals surface area contributed by atoms with E-state index in [2.05, 4.69) is 21.5 Å². The average Bonchev–Trinajstić information content (AvgIpc) is 3.44. The van der Waals surface area contributed by atoms with Crippen molar-refractivity contribution in [3.05, 3.63) is 48.4 Å². The molecule has 0 aliphatic heterocycles. The van der Waals surface area contributed by atoms with Gasteiger partial charge in [-0.25, -0.2) is 13.4 Å². The minimum atomic E-state index is -3.29. The van der Waals surface area contributed by atoms with Crippen LogP contribution in [0.1, 0.15) is 43.8 Å². The summed E-state index contributed by atoms with van der Waals surface area (Å²) in [7, 11) is -3.29. The molecule has 182 valence electrons. The first kappa shape index (κ1) is 24.5. The van der Waals surface area contributed by atoms with E-state index in [1.165, 1.54) is 0 Å². The van der Waals surface area contributed by atoms with Gasteiger partial charge in [0.15, 0.2) is 15.4 Å². The predicted octanol–water partition coefficient (Wildman–Crippen LogP) is 3.32. The van der Waals surface area contributed by atoms with E-state index < -0.39 is 27.3 Å². The van der Waals surface area contributed by atoms with Crippen molar-refractivity contribution in [2.75, 3.05) is 6.26 Å². The van der Waals surface area contributed by atoms with Gasteiger partial charge in [-0.2, -0.15) is 0 Å². The van der Waals surface area contributed by atoms with E-state index in [9.17, 15) is 18.0 Å². The van der Waals surface area contributed by atoms with Crippen molar-refractivity contribution < 1.29 is 22.4 Å². The lowest BCUT2D eigenvalue weighted by molar-refractivity contribution is -0.123. The fourth-order valence-electron chi connectivity index (χ4n) is 3.77. The third-order valence-electron chi connectivity index (χ3n) is 5.92. The topological polar surface area (TPSA) is 118 Å². The number of benzene rings is 2. The first-order valence-electron chi connectivity index (χ1n) is 11.3. The maximum absolute atomic E-state index is 12.9. The number of nitrogens with zero attached hydrogens (tertiary/aromatic N) is 1. The molecule has 2 amide bonds. The summed E-state index contributed by atoms with van der Waals surface area (Å²) in [4.78, 5) is 30.2. The Morgan fingerprint density at radius 3 is 2.37 bits per heavy atom. The molecule has 0 saturated heterocycles. The molecule has 2 aromatic carbocycles. The molecular formula is C26H27N3O5S. The van der Waals surface area contributed by atoms with Crippen LogP contribution < -0.4 is 10.6 Å². The molecule has 3 aromatic rings. The van der Waals surface area contributed by atoms with E-state index in [0.29, 0.717) is 17.5 Å². The van der Waals surface area contributed by atoms with E-state index in [1.54, 1.807) is 36.4 Å². The molecular weight excluding hydrogens is 466 g/mol. The van der Waals surface area contributed by atoms with Crippen LogP contribution in [0, 0.1) is 18.3 Å². The van der Waals surface area contributed by atoms with Crippen LogP contribution in [-0.4, -0.2) is 43.1 Å². The van der Waals surface area contributed by atoms with Crippen LogP contribution in [0.2, 0.25) is 0 Å². The number of oxazole rings is 1. The Bertz CT molecular complexity index is 1430. The zero-order valence-electron chi connectivity index (χ0n) is 19.8. The molecule has 1 saturated carbocycles. The Balaban J connectivity index is 1.53. The highest BCUT2D eigenvalue weighted by atomic mass is 32.2. The van der Waals surface area contributed by atoms with E-state index in [4.69, 9.17) is 10.8 Å². The number of carbonyl (C=O) groups excluding carboxylic acids is 2. The van der Waals surface area contributed by atoms with Crippen LogP contribution in [0.15, 0.2) is 51.8 Å². The van der Waals surface area contributed by atoms with Crippen molar-refractivity contribution in [3.8, 4) is 23.5 Å². The second kappa shape index (κ2) is 9.19. The third-order valence-corrected chi connectivity index (χ3v) is 7.04. The van der Waals surface area contributed by atoms with E-state index in [-0.39, 0.29) is 22.6 Å². The van der Waals surface area contributed by atoms with E-state index in [0.717, 1.165) is 30.2 Å². The Hall–Kier alpha value is -3.64. The summed E-state index contributed by atoms with van der Waals surface area (Å²) in [5.74, 6) is 1.72. The Kier molecular flexibility index (Phi) is 6.43. The molecule has 0 spiro atoms. The van der Waals surface area contributed by atoms with Gasteiger partial charge in [-0.15, -0.1) is 6.42 Å². The number of hydrogen-bond donors (Lipinski definition) is 2. The Labute approximate surface area is 204 Å². The summed E-state index contributed by atoms with van der Waals surface area (Å²) in [6.07, 6.45) is 8.57. The molecule has 2 N–H and O–H groups in total. The minimum Gasteiger partial charge on any atom is -0.432 e. The highest BCUT2D eigenvalue weighted by Crippen LogP contribution is 2.34. The quantitative estimate of drug-likeness (QED) is 0.465. The number of hydrogen-bond acceptors (Lipinski definition) is 6. The molecule has 1 fully saturated rings. The molecule has 0 unspecified atom stereocenters. The summed E-state index contributed by atoms with van der Waals surface area (Å²) in [5, 5.41) is 5.60. The SMILES string of the molecule is C#CC1(NC(=O)[C@H](CC(C)C)NC(=O)c2nc3ccc(-c4ccc(S(C)(=O)=O)cc4)cc3o2)CC1. The van der Waals surface area contributed by atoms with Gasteiger partial charge >= 0.3 is 5.91 Å². The highest BCUT2D eigenvalue weighted by molar-refractivity contribution is 7.90. The zero-order valence-corrected chi connectivity index (χ0v) is 20.6. The molecule has 1 aliphatic rings. The van der Waals surface area contributed by atoms with Crippen LogP contribution in [0.3, 0.4) is 0 Å². The van der Waals surface area contributed by atoms with Gasteiger partial charge in [0.1, 0.15) is 17.1 Å². The highest BCUT2D eigenvalue weighted by Gasteiger charge is 2.43. The smallest absolute Gasteiger partial charge is 0.307 e. The van der Waals surface area contributed by atoms with Gasteiger partial charge in [0, 0.05) is 6.26 Å². The summed E-state index contributed by atoms with van der Waals surface area (Å²) >= 11 is 0. The number of rotatable bonds is 8. The van der Waals surface area contributed by atoms with Gasteiger partial charge in [-0.1, -0.05) is 38.0 Å². The van der Waals surface area contributed by atoms with Crippen LogP contribution in [0.5, 0.6) is 0 Å². The predicted molar refractivity (Wildman–Crippen MR) is 132 cm³/mol. The molecule has 4 rings (SSSR count). The number of carbonyl (C=O) groups is 2. The van der Waals surface area contributed by atoms with Crippen molar-refractivity contribution in [2.24, 2.45) is 5.92 Å². The maximum atomic E-state index is 12.9. The van der Waals surface area contributed by atoms with Crippen molar-refractivity contribution >= 4 is 32.8 Å². The molecule has 8 nitrogen and oxygen atoms in total. The molecule has 1 atom stereocenters. The summed E-state index contributed by atoms with van der Waals surface area (Å²) in [5.41, 5.74) is 1.85. The number of fused-ring (bicyclic) bond motifs is 1. The van der Waals surface area contributed by atoms with Crippen LogP contribution >= 0.6 is 0 Å². The van der Waals surface area contributed by atoms with Gasteiger partial charge in [0.25, 0.3) is 5.89 Å². The number of nitrogens with one attached hydrogen (secondary N) is 2. The Morgan fingerprint density at radius 2 is 1.80 bits per heavy atom. The van der Waals surface area contributed by atoms with Crippen molar-refractivity contribution in [3.63, 3.8) is 0 Å². The lowest BCUT2D eigenvalue weighted by Gasteiger charge is -2.21. The summed E-state index contributed by atoms with van der Waals surface area (Å²) < 4.78 is 29.1. The van der Waals surface area contributed by atoms with Crippen molar-refractivity contribution in [1.29, 1.82) is 0 Å². The third kappa shape index (κ3) is 5.54. The molecule has 1 heterocycles. The molecule has 1 aliphatic carbocycles. The fraction of sp³-hybridized carbons (Fsp3) is 0.346. The standard InChI is InChI=1S/C26H27N3O5S/c1-5-26(12-13-26)29-23(30)21(14-16(2)3)27-24(31)25-28-20-11-8-18(15-22(20)34-25)17-6-9-19(10-7-17)35(4,32)33/h1,6-11,15-16,21H,12-14H2,2-4H3,(H,27,31)(H,29,30)/t21-/m0/s1. The first-order valence-corrected chi connectivity index (χ1v) is 13.2. The van der Waals surface area contributed by atoms with Gasteiger partial charge < -0.3 is 15.1 Å². The maximum Gasteiger partial charge on any atom is 0.307 e. The largest absolute Gasteiger partial charge is 0.432 e. The fourth-order valence-corrected chi connectivity index (χ4v) is 4.40. The number of aromatic nitrogens is 1. The second-order valence-corrected chi connectivity index (χ2v) is 11.4. The summed E-state index contributed by atoms with van der Waals surface area (Å²) in [6.45, 7) is 3.92. The Morgan fingerprint density at radius 1 is 1.14 bits per heavy atom. The zero-order chi connectivity index (χ0) is 25.4. The molecule has 35 heavy (non-hydrogen) atoms. The molecule has 0 radical (unpaired) electrons. The number of amides is 2. The molecule has 1 aromatic heterocycles.